The molecule has 2 aromatic rings. The van der Waals surface area contributed by atoms with Crippen LogP contribution < -0.4 is 5.32 Å². The van der Waals surface area contributed by atoms with Crippen LogP contribution in [0, 0.1) is 6.92 Å². The molecule has 3 nitrogen and oxygen atoms in total. The fourth-order valence-corrected chi connectivity index (χ4v) is 1.76. The maximum Gasteiger partial charge on any atom is 0.0824 e. The van der Waals surface area contributed by atoms with Crippen molar-refractivity contribution in [2.75, 3.05) is 11.9 Å². The first-order valence-corrected chi connectivity index (χ1v) is 5.54. The molecule has 0 spiro atoms. The first kappa shape index (κ1) is 10.7. The Kier molecular flexibility index (Phi) is 3.25. The fraction of sp³-hybridized carbons (Fsp3) is 0.308. The van der Waals surface area contributed by atoms with Gasteiger partial charge in [-0.15, -0.1) is 0 Å². The molecule has 0 amide bonds. The van der Waals surface area contributed by atoms with Gasteiger partial charge in [0.05, 0.1) is 11.4 Å². The molecule has 0 saturated carbocycles. The van der Waals surface area contributed by atoms with Crippen molar-refractivity contribution in [1.82, 2.24) is 9.78 Å². The summed E-state index contributed by atoms with van der Waals surface area (Å²) in [5.74, 6) is 0. The van der Waals surface area contributed by atoms with Crippen molar-refractivity contribution in [3.05, 3.63) is 47.8 Å². The highest BCUT2D eigenvalue weighted by Crippen LogP contribution is 2.11. The topological polar surface area (TPSA) is 29.9 Å². The third-order valence-electron chi connectivity index (χ3n) is 2.59. The lowest BCUT2D eigenvalue weighted by molar-refractivity contribution is 0.756. The molecule has 0 atom stereocenters. The summed E-state index contributed by atoms with van der Waals surface area (Å²) in [6.07, 6.45) is 3.05. The maximum atomic E-state index is 4.29. The van der Waals surface area contributed by atoms with Crippen LogP contribution in [-0.4, -0.2) is 16.3 Å². The van der Waals surface area contributed by atoms with E-state index in [1.54, 1.807) is 0 Å². The van der Waals surface area contributed by atoms with Gasteiger partial charge in [-0.25, -0.2) is 0 Å². The number of rotatable bonds is 4. The quantitative estimate of drug-likeness (QED) is 0.848. The molecule has 0 saturated heterocycles. The molecule has 1 aromatic carbocycles. The summed E-state index contributed by atoms with van der Waals surface area (Å²) in [4.78, 5) is 0. The predicted molar refractivity (Wildman–Crippen MR) is 66.6 cm³/mol. The number of aromatic nitrogens is 2. The van der Waals surface area contributed by atoms with Crippen molar-refractivity contribution in [1.29, 1.82) is 0 Å². The highest BCUT2D eigenvalue weighted by Gasteiger charge is 2.01. The van der Waals surface area contributed by atoms with Crippen LogP contribution in [0.1, 0.15) is 11.3 Å². The number of nitrogens with one attached hydrogen (secondary N) is 1. The zero-order chi connectivity index (χ0) is 11.4. The Hall–Kier alpha value is -1.77. The number of aryl methyl sites for hydroxylation is 2. The van der Waals surface area contributed by atoms with Gasteiger partial charge in [0, 0.05) is 19.8 Å². The van der Waals surface area contributed by atoms with Crippen molar-refractivity contribution in [3.63, 3.8) is 0 Å². The summed E-state index contributed by atoms with van der Waals surface area (Å²) in [5.41, 5.74) is 3.53. The fourth-order valence-electron chi connectivity index (χ4n) is 1.76. The van der Waals surface area contributed by atoms with Gasteiger partial charge in [-0.2, -0.15) is 5.10 Å². The van der Waals surface area contributed by atoms with E-state index in [0.717, 1.165) is 24.3 Å². The SMILES string of the molecule is Cc1nn(C)cc1NCCc1ccccc1. The molecule has 0 aliphatic heterocycles. The molecule has 0 radical (unpaired) electrons. The summed E-state index contributed by atoms with van der Waals surface area (Å²) in [5, 5.41) is 7.69. The van der Waals surface area contributed by atoms with E-state index in [2.05, 4.69) is 34.7 Å². The van der Waals surface area contributed by atoms with Gasteiger partial charge >= 0.3 is 0 Å². The van der Waals surface area contributed by atoms with E-state index in [1.165, 1.54) is 5.56 Å². The molecular weight excluding hydrogens is 198 g/mol. The van der Waals surface area contributed by atoms with E-state index < -0.39 is 0 Å². The first-order valence-electron chi connectivity index (χ1n) is 5.54. The van der Waals surface area contributed by atoms with Crippen LogP contribution in [0.4, 0.5) is 5.69 Å². The third kappa shape index (κ3) is 2.63. The van der Waals surface area contributed by atoms with E-state index in [-0.39, 0.29) is 0 Å². The minimum atomic E-state index is 0.941. The molecule has 0 aliphatic carbocycles. The van der Waals surface area contributed by atoms with Crippen LogP contribution >= 0.6 is 0 Å². The van der Waals surface area contributed by atoms with Crippen LogP contribution in [0.15, 0.2) is 36.5 Å². The average molecular weight is 215 g/mol. The van der Waals surface area contributed by atoms with E-state index in [9.17, 15) is 0 Å². The molecule has 0 unspecified atom stereocenters. The van der Waals surface area contributed by atoms with E-state index in [0.29, 0.717) is 0 Å². The average Bonchev–Trinajstić information content (AvgIpc) is 2.59. The van der Waals surface area contributed by atoms with Gasteiger partial charge < -0.3 is 5.32 Å². The Balaban J connectivity index is 1.87. The molecule has 1 aromatic heterocycles. The molecular formula is C13H17N3. The van der Waals surface area contributed by atoms with Crippen LogP contribution in [0.3, 0.4) is 0 Å². The monoisotopic (exact) mass is 215 g/mol. The number of hydrogen-bond acceptors (Lipinski definition) is 2. The van der Waals surface area contributed by atoms with E-state index in [4.69, 9.17) is 0 Å². The predicted octanol–water partition coefficient (Wildman–Crippen LogP) is 2.38. The molecule has 0 aliphatic rings. The summed E-state index contributed by atoms with van der Waals surface area (Å²) in [7, 11) is 1.94. The van der Waals surface area contributed by atoms with Gasteiger partial charge in [-0.1, -0.05) is 30.3 Å². The second-order valence-corrected chi connectivity index (χ2v) is 3.96. The van der Waals surface area contributed by atoms with E-state index in [1.807, 2.05) is 30.9 Å². The summed E-state index contributed by atoms with van der Waals surface area (Å²) in [6, 6.07) is 10.5. The molecule has 1 N–H and O–H groups in total. The van der Waals surface area contributed by atoms with Crippen LogP contribution in [-0.2, 0) is 13.5 Å². The molecule has 0 fully saturated rings. The van der Waals surface area contributed by atoms with Gasteiger partial charge in [0.25, 0.3) is 0 Å². The van der Waals surface area contributed by atoms with Crippen molar-refractivity contribution in [2.45, 2.75) is 13.3 Å². The van der Waals surface area contributed by atoms with Gasteiger partial charge in [-0.05, 0) is 18.9 Å². The minimum Gasteiger partial charge on any atom is -0.382 e. The van der Waals surface area contributed by atoms with Crippen molar-refractivity contribution < 1.29 is 0 Å². The second kappa shape index (κ2) is 4.84. The van der Waals surface area contributed by atoms with Crippen LogP contribution in [0.25, 0.3) is 0 Å². The van der Waals surface area contributed by atoms with Crippen LogP contribution in [0.2, 0.25) is 0 Å². The maximum absolute atomic E-state index is 4.29. The standard InChI is InChI=1S/C13H17N3/c1-11-13(10-16(2)15-11)14-9-8-12-6-4-3-5-7-12/h3-7,10,14H,8-9H2,1-2H3. The summed E-state index contributed by atoms with van der Waals surface area (Å²) in [6.45, 7) is 2.96. The van der Waals surface area contributed by atoms with Gasteiger partial charge in [0.15, 0.2) is 0 Å². The highest BCUT2D eigenvalue weighted by molar-refractivity contribution is 5.45. The van der Waals surface area contributed by atoms with Gasteiger partial charge in [0.1, 0.15) is 0 Å². The van der Waals surface area contributed by atoms with E-state index >= 15 is 0 Å². The normalized spacial score (nSPS) is 10.4. The number of nitrogens with zero attached hydrogens (tertiary/aromatic N) is 2. The largest absolute Gasteiger partial charge is 0.382 e. The Morgan fingerprint density at radius 2 is 2.00 bits per heavy atom. The van der Waals surface area contributed by atoms with Crippen molar-refractivity contribution >= 4 is 5.69 Å². The molecule has 3 heteroatoms. The van der Waals surface area contributed by atoms with Gasteiger partial charge in [0.2, 0.25) is 0 Å². The zero-order valence-corrected chi connectivity index (χ0v) is 9.77. The lowest BCUT2D eigenvalue weighted by atomic mass is 10.1. The Morgan fingerprint density at radius 3 is 2.62 bits per heavy atom. The Labute approximate surface area is 96.1 Å². The zero-order valence-electron chi connectivity index (χ0n) is 9.77. The van der Waals surface area contributed by atoms with Crippen molar-refractivity contribution in [3.8, 4) is 0 Å². The summed E-state index contributed by atoms with van der Waals surface area (Å²) >= 11 is 0. The number of benzene rings is 1. The van der Waals surface area contributed by atoms with Gasteiger partial charge in [-0.3, -0.25) is 4.68 Å². The summed E-state index contributed by atoms with van der Waals surface area (Å²) < 4.78 is 1.83. The third-order valence-corrected chi connectivity index (χ3v) is 2.59. The molecule has 0 bridgehead atoms. The lowest BCUT2D eigenvalue weighted by Crippen LogP contribution is -2.04. The number of anilines is 1. The Morgan fingerprint density at radius 1 is 1.25 bits per heavy atom. The lowest BCUT2D eigenvalue weighted by Gasteiger charge is -2.04. The highest BCUT2D eigenvalue weighted by atomic mass is 15.3. The molecule has 2 rings (SSSR count). The van der Waals surface area contributed by atoms with Crippen LogP contribution in [0.5, 0.6) is 0 Å². The smallest absolute Gasteiger partial charge is 0.0824 e. The molecule has 1 heterocycles. The first-order chi connectivity index (χ1) is 7.75. The van der Waals surface area contributed by atoms with Crippen molar-refractivity contribution in [2.24, 2.45) is 7.05 Å². The molecule has 16 heavy (non-hydrogen) atoms. The number of hydrogen-bond donors (Lipinski definition) is 1. The Bertz CT molecular complexity index is 445. The second-order valence-electron chi connectivity index (χ2n) is 3.96. The molecule has 84 valence electrons. The minimum absolute atomic E-state index is 0.941.